The fourth-order valence-electron chi connectivity index (χ4n) is 3.12. The zero-order chi connectivity index (χ0) is 19.1. The number of hydrogen-bond acceptors (Lipinski definition) is 4. The Labute approximate surface area is 155 Å². The molecule has 1 aliphatic rings. The van der Waals surface area contributed by atoms with Gasteiger partial charge in [0.25, 0.3) is 0 Å². The van der Waals surface area contributed by atoms with Gasteiger partial charge in [0.1, 0.15) is 18.0 Å². The number of carbonyl (C=O) groups is 2. The lowest BCUT2D eigenvalue weighted by atomic mass is 10.2. The number of urea groups is 1. The first-order chi connectivity index (χ1) is 12.5. The highest BCUT2D eigenvalue weighted by Gasteiger charge is 2.33. The van der Waals surface area contributed by atoms with Gasteiger partial charge in [-0.15, -0.1) is 0 Å². The lowest BCUT2D eigenvalue weighted by Gasteiger charge is -2.25. The summed E-state index contributed by atoms with van der Waals surface area (Å²) in [6.45, 7) is 6.68. The van der Waals surface area contributed by atoms with E-state index in [-0.39, 0.29) is 18.5 Å². The van der Waals surface area contributed by atoms with Gasteiger partial charge in [0.05, 0.1) is 19.9 Å². The van der Waals surface area contributed by atoms with Gasteiger partial charge >= 0.3 is 6.03 Å². The topological polar surface area (TPSA) is 62.3 Å². The smallest absolute Gasteiger partial charge is 0.325 e. The van der Waals surface area contributed by atoms with Crippen LogP contribution in [0.1, 0.15) is 26.7 Å². The summed E-state index contributed by atoms with van der Waals surface area (Å²) in [5, 5.41) is 0. The van der Waals surface area contributed by atoms with Gasteiger partial charge in [0, 0.05) is 32.2 Å². The number of ether oxygens (including phenoxy) is 2. The molecule has 0 spiro atoms. The van der Waals surface area contributed by atoms with Crippen LogP contribution >= 0.6 is 0 Å². The third-order valence-corrected chi connectivity index (χ3v) is 4.44. The van der Waals surface area contributed by atoms with E-state index in [1.54, 1.807) is 42.2 Å². The van der Waals surface area contributed by atoms with Crippen molar-refractivity contribution in [2.24, 2.45) is 0 Å². The molecule has 1 aromatic rings. The third kappa shape index (κ3) is 4.39. The van der Waals surface area contributed by atoms with Gasteiger partial charge in [0.15, 0.2) is 0 Å². The fourth-order valence-corrected chi connectivity index (χ4v) is 3.12. The quantitative estimate of drug-likeness (QED) is 0.677. The Balaban J connectivity index is 2.11. The second-order valence-corrected chi connectivity index (χ2v) is 6.27. The van der Waals surface area contributed by atoms with Crippen molar-refractivity contribution in [1.29, 1.82) is 0 Å². The number of hydrogen-bond donors (Lipinski definition) is 0. The number of amides is 3. The molecule has 0 saturated carbocycles. The molecule has 0 bridgehead atoms. The summed E-state index contributed by atoms with van der Waals surface area (Å²) < 4.78 is 10.6. The molecule has 0 aliphatic carbocycles. The minimum absolute atomic E-state index is 0.00140. The lowest BCUT2D eigenvalue weighted by Crippen LogP contribution is -2.42. The van der Waals surface area contributed by atoms with Gasteiger partial charge in [-0.2, -0.15) is 0 Å². The van der Waals surface area contributed by atoms with E-state index >= 15 is 0 Å². The van der Waals surface area contributed by atoms with Crippen LogP contribution in [0, 0.1) is 0 Å². The van der Waals surface area contributed by atoms with Crippen LogP contribution in [0.3, 0.4) is 0 Å². The Hall–Kier alpha value is -2.44. The van der Waals surface area contributed by atoms with E-state index in [2.05, 4.69) is 0 Å². The van der Waals surface area contributed by atoms with Gasteiger partial charge in [-0.1, -0.05) is 13.8 Å². The fraction of sp³-hybridized carbons (Fsp3) is 0.579. The zero-order valence-corrected chi connectivity index (χ0v) is 16.2. The largest absolute Gasteiger partial charge is 0.497 e. The van der Waals surface area contributed by atoms with Crippen molar-refractivity contribution in [3.63, 3.8) is 0 Å². The van der Waals surface area contributed by atoms with Crippen LogP contribution in [-0.4, -0.2) is 68.7 Å². The number of methoxy groups -OCH3 is 2. The normalized spacial score (nSPS) is 13.9. The van der Waals surface area contributed by atoms with E-state index in [1.807, 2.05) is 18.7 Å². The van der Waals surface area contributed by atoms with Crippen LogP contribution in [0.15, 0.2) is 18.2 Å². The molecule has 2 rings (SSSR count). The second-order valence-electron chi connectivity index (χ2n) is 6.27. The van der Waals surface area contributed by atoms with E-state index in [9.17, 15) is 9.59 Å². The molecule has 0 aromatic heterocycles. The molecule has 1 aromatic carbocycles. The minimum atomic E-state index is -0.183. The highest BCUT2D eigenvalue weighted by Crippen LogP contribution is 2.34. The number of nitrogens with zero attached hydrogens (tertiary/aromatic N) is 3. The van der Waals surface area contributed by atoms with Crippen molar-refractivity contribution < 1.29 is 19.1 Å². The van der Waals surface area contributed by atoms with E-state index in [1.165, 1.54) is 0 Å². The number of benzene rings is 1. The summed E-state index contributed by atoms with van der Waals surface area (Å²) >= 11 is 0. The highest BCUT2D eigenvalue weighted by molar-refractivity contribution is 5.97. The van der Waals surface area contributed by atoms with Crippen molar-refractivity contribution in [2.45, 2.75) is 26.7 Å². The van der Waals surface area contributed by atoms with Crippen LogP contribution < -0.4 is 14.4 Å². The summed E-state index contributed by atoms with van der Waals surface area (Å²) in [7, 11) is 3.15. The van der Waals surface area contributed by atoms with Crippen LogP contribution in [-0.2, 0) is 4.79 Å². The van der Waals surface area contributed by atoms with Crippen molar-refractivity contribution in [1.82, 2.24) is 9.80 Å². The average molecular weight is 363 g/mol. The molecule has 0 N–H and O–H groups in total. The van der Waals surface area contributed by atoms with E-state index < -0.39 is 0 Å². The second kappa shape index (κ2) is 9.31. The molecule has 0 radical (unpaired) electrons. The van der Waals surface area contributed by atoms with Gasteiger partial charge in [-0.25, -0.2) is 4.79 Å². The zero-order valence-electron chi connectivity index (χ0n) is 16.2. The molecule has 7 nitrogen and oxygen atoms in total. The molecule has 0 atom stereocenters. The lowest BCUT2D eigenvalue weighted by molar-refractivity contribution is -0.131. The standard InChI is InChI=1S/C19H29N3O4/c1-5-9-20(10-6-2)18(23)14-21-11-12-22(19(21)24)16-13-15(25-3)7-8-17(16)26-4/h7-8,13H,5-6,9-12,14H2,1-4H3. The highest BCUT2D eigenvalue weighted by atomic mass is 16.5. The monoisotopic (exact) mass is 363 g/mol. The van der Waals surface area contributed by atoms with Crippen LogP contribution in [0.25, 0.3) is 0 Å². The maximum Gasteiger partial charge on any atom is 0.325 e. The minimum Gasteiger partial charge on any atom is -0.497 e. The Kier molecular flexibility index (Phi) is 7.12. The van der Waals surface area contributed by atoms with Gasteiger partial charge < -0.3 is 19.3 Å². The summed E-state index contributed by atoms with van der Waals surface area (Å²) in [5.41, 5.74) is 0.658. The number of rotatable bonds is 9. The van der Waals surface area contributed by atoms with Gasteiger partial charge in [-0.3, -0.25) is 9.69 Å². The van der Waals surface area contributed by atoms with Crippen molar-refractivity contribution >= 4 is 17.6 Å². The van der Waals surface area contributed by atoms with Crippen LogP contribution in [0.4, 0.5) is 10.5 Å². The number of carbonyl (C=O) groups excluding carboxylic acids is 2. The van der Waals surface area contributed by atoms with Crippen LogP contribution in [0.2, 0.25) is 0 Å². The molecule has 1 fully saturated rings. The predicted octanol–water partition coefficient (Wildman–Crippen LogP) is 2.59. The average Bonchev–Trinajstić information content (AvgIpc) is 3.01. The maximum atomic E-state index is 12.8. The Morgan fingerprint density at radius 3 is 2.38 bits per heavy atom. The van der Waals surface area contributed by atoms with Crippen LogP contribution in [0.5, 0.6) is 11.5 Å². The Bertz CT molecular complexity index is 629. The molecule has 0 unspecified atom stereocenters. The summed E-state index contributed by atoms with van der Waals surface area (Å²) in [6.07, 6.45) is 1.82. The van der Waals surface area contributed by atoms with E-state index in [0.717, 1.165) is 25.9 Å². The predicted molar refractivity (Wildman–Crippen MR) is 101 cm³/mol. The molecule has 26 heavy (non-hydrogen) atoms. The molecule has 1 saturated heterocycles. The molecule has 1 aliphatic heterocycles. The summed E-state index contributed by atoms with van der Waals surface area (Å²) in [5.74, 6) is 1.26. The van der Waals surface area contributed by atoms with Gasteiger partial charge in [0.2, 0.25) is 5.91 Å². The van der Waals surface area contributed by atoms with E-state index in [4.69, 9.17) is 9.47 Å². The third-order valence-electron chi connectivity index (χ3n) is 4.44. The van der Waals surface area contributed by atoms with E-state index in [0.29, 0.717) is 30.3 Å². The first kappa shape index (κ1) is 19.9. The van der Waals surface area contributed by atoms with Crippen molar-refractivity contribution in [2.75, 3.05) is 51.8 Å². The Morgan fingerprint density at radius 1 is 1.12 bits per heavy atom. The molecule has 144 valence electrons. The van der Waals surface area contributed by atoms with Crippen molar-refractivity contribution in [3.05, 3.63) is 18.2 Å². The summed E-state index contributed by atoms with van der Waals surface area (Å²) in [4.78, 5) is 30.5. The molecule has 1 heterocycles. The molecular weight excluding hydrogens is 334 g/mol. The van der Waals surface area contributed by atoms with Crippen molar-refractivity contribution in [3.8, 4) is 11.5 Å². The molecule has 7 heteroatoms. The summed E-state index contributed by atoms with van der Waals surface area (Å²) in [6, 6.07) is 5.16. The number of anilines is 1. The van der Waals surface area contributed by atoms with Gasteiger partial charge in [-0.05, 0) is 25.0 Å². The maximum absolute atomic E-state index is 12.8. The molecule has 3 amide bonds. The first-order valence-corrected chi connectivity index (χ1v) is 9.11. The first-order valence-electron chi connectivity index (χ1n) is 9.11. The Morgan fingerprint density at radius 2 is 1.81 bits per heavy atom. The molecular formula is C19H29N3O4. The SMILES string of the molecule is CCCN(CCC)C(=O)CN1CCN(c2cc(OC)ccc2OC)C1=O.